The SMILES string of the molecule is CCCCOC[PH](=O)CCC(N)C#N. The summed E-state index contributed by atoms with van der Waals surface area (Å²) >= 11 is 0. The Bertz CT molecular complexity index is 203. The smallest absolute Gasteiger partial charge is 0.101 e. The van der Waals surface area contributed by atoms with Crippen LogP contribution >= 0.6 is 7.80 Å². The molecule has 0 spiro atoms. The molecule has 82 valence electrons. The number of rotatable bonds is 8. The molecule has 0 aliphatic rings. The molecule has 0 saturated heterocycles. The fourth-order valence-electron chi connectivity index (χ4n) is 0.886. The molecule has 0 heterocycles. The first-order valence-corrected chi connectivity index (χ1v) is 6.77. The van der Waals surface area contributed by atoms with Gasteiger partial charge < -0.3 is 15.0 Å². The van der Waals surface area contributed by atoms with Gasteiger partial charge in [-0.2, -0.15) is 5.26 Å². The minimum atomic E-state index is -1.68. The molecule has 0 aliphatic heterocycles. The van der Waals surface area contributed by atoms with Crippen LogP contribution in [-0.2, 0) is 9.30 Å². The molecule has 0 bridgehead atoms. The summed E-state index contributed by atoms with van der Waals surface area (Å²) in [7, 11) is -1.68. The Morgan fingerprint density at radius 3 is 2.93 bits per heavy atom. The second-order valence-electron chi connectivity index (χ2n) is 3.22. The van der Waals surface area contributed by atoms with Crippen LogP contribution in [0.5, 0.6) is 0 Å². The molecule has 0 aliphatic carbocycles. The Hall–Kier alpha value is -0.360. The van der Waals surface area contributed by atoms with E-state index in [9.17, 15) is 4.57 Å². The van der Waals surface area contributed by atoms with Gasteiger partial charge in [-0.25, -0.2) is 0 Å². The van der Waals surface area contributed by atoms with Crippen molar-refractivity contribution < 1.29 is 9.30 Å². The van der Waals surface area contributed by atoms with Gasteiger partial charge in [0.05, 0.1) is 18.5 Å². The summed E-state index contributed by atoms with van der Waals surface area (Å²) in [5.41, 5.74) is 5.37. The number of ether oxygens (including phenoxy) is 1. The highest BCUT2D eigenvalue weighted by molar-refractivity contribution is 7.44. The molecule has 0 rings (SSSR count). The van der Waals surface area contributed by atoms with E-state index in [2.05, 4.69) is 6.92 Å². The first kappa shape index (κ1) is 13.6. The minimum Gasteiger partial charge on any atom is -0.374 e. The Balaban J connectivity index is 3.33. The van der Waals surface area contributed by atoms with Gasteiger partial charge in [0.15, 0.2) is 0 Å². The lowest BCUT2D eigenvalue weighted by Crippen LogP contribution is -2.17. The maximum Gasteiger partial charge on any atom is 0.101 e. The van der Waals surface area contributed by atoms with E-state index in [1.54, 1.807) is 0 Å². The maximum atomic E-state index is 11.3. The summed E-state index contributed by atoms with van der Waals surface area (Å²) in [4.78, 5) is 0. The molecule has 0 fully saturated rings. The van der Waals surface area contributed by atoms with Crippen LogP contribution in [0.15, 0.2) is 0 Å². The van der Waals surface area contributed by atoms with Gasteiger partial charge in [0, 0.05) is 12.8 Å². The van der Waals surface area contributed by atoms with Crippen molar-refractivity contribution in [2.24, 2.45) is 5.73 Å². The topological polar surface area (TPSA) is 76.1 Å². The summed E-state index contributed by atoms with van der Waals surface area (Å²) in [6.45, 7) is 2.76. The molecule has 2 unspecified atom stereocenters. The predicted molar refractivity (Wildman–Crippen MR) is 57.8 cm³/mol. The number of nitrogens with two attached hydrogens (primary N) is 1. The van der Waals surface area contributed by atoms with Gasteiger partial charge in [0.2, 0.25) is 0 Å². The van der Waals surface area contributed by atoms with Crippen molar-refractivity contribution in [1.29, 1.82) is 5.26 Å². The maximum absolute atomic E-state index is 11.3. The number of nitriles is 1. The van der Waals surface area contributed by atoms with Crippen molar-refractivity contribution in [1.82, 2.24) is 0 Å². The van der Waals surface area contributed by atoms with Crippen molar-refractivity contribution >= 4 is 7.80 Å². The zero-order valence-corrected chi connectivity index (χ0v) is 9.66. The van der Waals surface area contributed by atoms with Gasteiger partial charge in [-0.1, -0.05) is 13.3 Å². The molecule has 0 amide bonds. The van der Waals surface area contributed by atoms with Crippen molar-refractivity contribution in [2.45, 2.75) is 32.2 Å². The average molecular weight is 218 g/mol. The van der Waals surface area contributed by atoms with Crippen LogP contribution in [0.4, 0.5) is 0 Å². The number of unbranched alkanes of at least 4 members (excludes halogenated alkanes) is 1. The van der Waals surface area contributed by atoms with Gasteiger partial charge in [0.1, 0.15) is 7.80 Å². The standard InChI is InChI=1S/C9H19N2O2P/c1-2-3-5-13-8-14(12)6-4-9(11)7-10/h9,14H,2-6,8,11H2,1H3. The molecular formula is C9H19N2O2P. The van der Waals surface area contributed by atoms with Crippen LogP contribution in [0.25, 0.3) is 0 Å². The average Bonchev–Trinajstić information content (AvgIpc) is 2.21. The summed E-state index contributed by atoms with van der Waals surface area (Å²) < 4.78 is 16.5. The number of hydrogen-bond acceptors (Lipinski definition) is 4. The third-order valence-corrected chi connectivity index (χ3v) is 3.18. The largest absolute Gasteiger partial charge is 0.374 e. The van der Waals surface area contributed by atoms with E-state index in [0.717, 1.165) is 12.8 Å². The van der Waals surface area contributed by atoms with E-state index >= 15 is 0 Å². The molecule has 2 atom stereocenters. The van der Waals surface area contributed by atoms with Crippen LogP contribution in [0.3, 0.4) is 0 Å². The first-order chi connectivity index (χ1) is 6.70. The molecule has 2 N–H and O–H groups in total. The second kappa shape index (κ2) is 9.21. The zero-order chi connectivity index (χ0) is 10.8. The number of nitrogens with zero attached hydrogens (tertiary/aromatic N) is 1. The quantitative estimate of drug-likeness (QED) is 0.495. The van der Waals surface area contributed by atoms with E-state index < -0.39 is 13.8 Å². The van der Waals surface area contributed by atoms with Crippen molar-refractivity contribution in [2.75, 3.05) is 19.1 Å². The fraction of sp³-hybridized carbons (Fsp3) is 0.889. The molecule has 5 heteroatoms. The van der Waals surface area contributed by atoms with Gasteiger partial charge in [-0.15, -0.1) is 0 Å². The monoisotopic (exact) mass is 218 g/mol. The summed E-state index contributed by atoms with van der Waals surface area (Å²) in [6, 6.07) is 1.42. The fourth-order valence-corrected chi connectivity index (χ4v) is 2.03. The van der Waals surface area contributed by atoms with Crippen LogP contribution in [0, 0.1) is 11.3 Å². The first-order valence-electron chi connectivity index (χ1n) is 4.95. The van der Waals surface area contributed by atoms with Crippen LogP contribution in [0.2, 0.25) is 0 Å². The molecule has 0 aromatic heterocycles. The molecule has 4 nitrogen and oxygen atoms in total. The van der Waals surface area contributed by atoms with Gasteiger partial charge >= 0.3 is 0 Å². The van der Waals surface area contributed by atoms with E-state index in [4.69, 9.17) is 15.7 Å². The van der Waals surface area contributed by atoms with Crippen molar-refractivity contribution in [3.63, 3.8) is 0 Å². The second-order valence-corrected chi connectivity index (χ2v) is 5.09. The lowest BCUT2D eigenvalue weighted by molar-refractivity contribution is 0.174. The third-order valence-electron chi connectivity index (χ3n) is 1.81. The highest BCUT2D eigenvalue weighted by Crippen LogP contribution is 2.21. The zero-order valence-electron chi connectivity index (χ0n) is 8.66. The summed E-state index contributed by atoms with van der Waals surface area (Å²) in [5, 5.41) is 8.40. The normalized spacial score (nSPS) is 14.6. The third kappa shape index (κ3) is 8.25. The summed E-state index contributed by atoms with van der Waals surface area (Å²) in [6.07, 6.45) is 3.45. The lowest BCUT2D eigenvalue weighted by Gasteiger charge is -2.04. The molecule has 0 radical (unpaired) electrons. The predicted octanol–water partition coefficient (Wildman–Crippen LogP) is 1.56. The molecule has 14 heavy (non-hydrogen) atoms. The highest BCUT2D eigenvalue weighted by atomic mass is 31.1. The molecule has 0 aromatic carbocycles. The van der Waals surface area contributed by atoms with E-state index in [-0.39, 0.29) is 0 Å². The minimum absolute atomic E-state index is 0.336. The Morgan fingerprint density at radius 2 is 2.36 bits per heavy atom. The molecule has 0 aromatic rings. The van der Waals surface area contributed by atoms with Gasteiger partial charge in [0.25, 0.3) is 0 Å². The Labute approximate surface area is 86.2 Å². The summed E-state index contributed by atoms with van der Waals surface area (Å²) in [5.74, 6) is 0. The highest BCUT2D eigenvalue weighted by Gasteiger charge is 2.04. The van der Waals surface area contributed by atoms with Crippen LogP contribution in [-0.4, -0.2) is 25.2 Å². The Morgan fingerprint density at radius 1 is 1.64 bits per heavy atom. The van der Waals surface area contributed by atoms with Crippen LogP contribution < -0.4 is 5.73 Å². The Kier molecular flexibility index (Phi) is 8.97. The van der Waals surface area contributed by atoms with Gasteiger partial charge in [-0.05, 0) is 12.8 Å². The van der Waals surface area contributed by atoms with Gasteiger partial charge in [-0.3, -0.25) is 0 Å². The number of hydrogen-bond donors (Lipinski definition) is 1. The lowest BCUT2D eigenvalue weighted by atomic mass is 10.3. The molecule has 0 saturated carbocycles. The van der Waals surface area contributed by atoms with E-state index in [0.29, 0.717) is 25.5 Å². The van der Waals surface area contributed by atoms with E-state index in [1.807, 2.05) is 6.07 Å². The van der Waals surface area contributed by atoms with E-state index in [1.165, 1.54) is 0 Å². The van der Waals surface area contributed by atoms with Crippen LogP contribution in [0.1, 0.15) is 26.2 Å². The van der Waals surface area contributed by atoms with Crippen molar-refractivity contribution in [3.8, 4) is 6.07 Å². The molecular weight excluding hydrogens is 199 g/mol. The van der Waals surface area contributed by atoms with Crippen molar-refractivity contribution in [3.05, 3.63) is 0 Å².